The molecule has 0 unspecified atom stereocenters. The number of allylic oxidation sites excluding steroid dienone is 1. The molecule has 0 aromatic carbocycles. The second-order valence-corrected chi connectivity index (χ2v) is 3.42. The molecule has 1 rings (SSSR count). The Balaban J connectivity index is 2.26. The van der Waals surface area contributed by atoms with Crippen molar-refractivity contribution < 1.29 is 13.0 Å². The lowest BCUT2D eigenvalue weighted by atomic mass is 10.5. The predicted molar refractivity (Wildman–Crippen MR) is 32.3 cm³/mol. The number of nitrogens with one attached hydrogen (secondary N) is 1. The third-order valence-electron chi connectivity index (χ3n) is 0.978. The van der Waals surface area contributed by atoms with Gasteiger partial charge in [0.15, 0.2) is 0 Å². The summed E-state index contributed by atoms with van der Waals surface area (Å²) in [6, 6.07) is 0. The Bertz CT molecular complexity index is 228. The maximum atomic E-state index is 10.1. The highest BCUT2D eigenvalue weighted by atomic mass is 32.2. The fourth-order valence-corrected chi connectivity index (χ4v) is 0.912. The molecule has 4 nitrogen and oxygen atoms in total. The molecule has 1 aliphatic heterocycles. The van der Waals surface area contributed by atoms with Crippen molar-refractivity contribution in [2.24, 2.45) is 0 Å². The highest BCUT2D eigenvalue weighted by molar-refractivity contribution is 7.85. The molecule has 5 heteroatoms. The second-order valence-electron chi connectivity index (χ2n) is 1.85. The number of rotatable bonds is 3. The lowest BCUT2D eigenvalue weighted by molar-refractivity contribution is 0.482. The normalized spacial score (nSPS) is 16.3. The lowest BCUT2D eigenvalue weighted by Crippen LogP contribution is -2.03. The summed E-state index contributed by atoms with van der Waals surface area (Å²) in [5, 5.41) is 2.72. The third kappa shape index (κ3) is 3.10. The van der Waals surface area contributed by atoms with Crippen molar-refractivity contribution >= 4 is 10.1 Å². The zero-order valence-electron chi connectivity index (χ0n) is 4.66. The molecule has 0 saturated heterocycles. The van der Waals surface area contributed by atoms with Gasteiger partial charge in [-0.25, -0.2) is 0 Å². The molecule has 0 fully saturated rings. The van der Waals surface area contributed by atoms with Crippen molar-refractivity contribution in [1.82, 2.24) is 5.32 Å². The molecule has 9 heavy (non-hydrogen) atoms. The third-order valence-corrected chi connectivity index (χ3v) is 1.70. The standard InChI is InChI=1S/C4H7NO3S/c6-9(7,8)2-1-4-3-5-4/h3,5H,1-2H2,(H,6,7,8). The maximum absolute atomic E-state index is 10.1. The van der Waals surface area contributed by atoms with E-state index in [4.69, 9.17) is 4.55 Å². The van der Waals surface area contributed by atoms with Gasteiger partial charge in [0.1, 0.15) is 0 Å². The fraction of sp³-hybridized carbons (Fsp3) is 0.500. The van der Waals surface area contributed by atoms with Crippen LogP contribution in [-0.4, -0.2) is 18.7 Å². The van der Waals surface area contributed by atoms with Crippen molar-refractivity contribution in [1.29, 1.82) is 0 Å². The van der Waals surface area contributed by atoms with Gasteiger partial charge in [-0.1, -0.05) is 0 Å². The van der Waals surface area contributed by atoms with Crippen molar-refractivity contribution in [2.75, 3.05) is 5.75 Å². The molecule has 0 amide bonds. The molecule has 0 saturated carbocycles. The van der Waals surface area contributed by atoms with Gasteiger partial charge in [0.05, 0.1) is 5.75 Å². The molecule has 0 bridgehead atoms. The molecular formula is C4H7NO3S. The van der Waals surface area contributed by atoms with Crippen LogP contribution >= 0.6 is 0 Å². The SMILES string of the molecule is O=S(=O)(O)CCC1=CN1. The van der Waals surface area contributed by atoms with Crippen molar-refractivity contribution in [2.45, 2.75) is 6.42 Å². The first-order valence-electron chi connectivity index (χ1n) is 2.49. The number of hydrogen-bond donors (Lipinski definition) is 2. The summed E-state index contributed by atoms with van der Waals surface area (Å²) >= 11 is 0. The molecule has 1 aliphatic rings. The molecule has 1 heterocycles. The summed E-state index contributed by atoms with van der Waals surface area (Å²) in [7, 11) is -3.76. The molecule has 0 aliphatic carbocycles. The predicted octanol–water partition coefficient (Wildman–Crippen LogP) is -0.291. The van der Waals surface area contributed by atoms with Gasteiger partial charge in [0, 0.05) is 18.3 Å². The molecule has 0 aromatic rings. The van der Waals surface area contributed by atoms with Crippen LogP contribution < -0.4 is 5.32 Å². The Morgan fingerprint density at radius 2 is 2.22 bits per heavy atom. The summed E-state index contributed by atoms with van der Waals surface area (Å²) in [6.45, 7) is 0. The molecule has 0 atom stereocenters. The van der Waals surface area contributed by atoms with Crippen LogP contribution in [0.5, 0.6) is 0 Å². The monoisotopic (exact) mass is 149 g/mol. The summed E-state index contributed by atoms with van der Waals surface area (Å²) in [5.41, 5.74) is 0.882. The average molecular weight is 149 g/mol. The minimum atomic E-state index is -3.76. The second kappa shape index (κ2) is 2.00. The molecule has 2 N–H and O–H groups in total. The van der Waals surface area contributed by atoms with Gasteiger partial charge in [0.25, 0.3) is 10.1 Å². The van der Waals surface area contributed by atoms with Crippen molar-refractivity contribution in [3.05, 3.63) is 11.9 Å². The fourth-order valence-electron chi connectivity index (χ4n) is 0.434. The van der Waals surface area contributed by atoms with Crippen LogP contribution in [0, 0.1) is 0 Å². The Hall–Kier alpha value is -0.550. The topological polar surface area (TPSA) is 76.3 Å². The van der Waals surface area contributed by atoms with Gasteiger partial charge in [-0.05, 0) is 0 Å². The Morgan fingerprint density at radius 1 is 1.67 bits per heavy atom. The molecule has 52 valence electrons. The highest BCUT2D eigenvalue weighted by Crippen LogP contribution is 2.07. The van der Waals surface area contributed by atoms with Crippen LogP contribution in [0.25, 0.3) is 0 Å². The summed E-state index contributed by atoms with van der Waals surface area (Å²) in [5.74, 6) is -0.189. The van der Waals surface area contributed by atoms with Crippen LogP contribution in [0.4, 0.5) is 0 Å². The Labute approximate surface area is 53.3 Å². The first-order chi connectivity index (χ1) is 4.08. The minimum Gasteiger partial charge on any atom is -0.362 e. The van der Waals surface area contributed by atoms with E-state index < -0.39 is 10.1 Å². The van der Waals surface area contributed by atoms with E-state index in [-0.39, 0.29) is 5.75 Å². The quantitative estimate of drug-likeness (QED) is 0.540. The smallest absolute Gasteiger partial charge is 0.265 e. The van der Waals surface area contributed by atoms with E-state index in [1.807, 2.05) is 0 Å². The molecule has 0 aromatic heterocycles. The Morgan fingerprint density at radius 3 is 2.56 bits per heavy atom. The van der Waals surface area contributed by atoms with Gasteiger partial charge >= 0.3 is 0 Å². The van der Waals surface area contributed by atoms with Gasteiger partial charge in [-0.2, -0.15) is 8.42 Å². The van der Waals surface area contributed by atoms with E-state index in [0.717, 1.165) is 5.70 Å². The van der Waals surface area contributed by atoms with Gasteiger partial charge in [0.2, 0.25) is 0 Å². The van der Waals surface area contributed by atoms with E-state index in [1.165, 1.54) is 0 Å². The summed E-state index contributed by atoms with van der Waals surface area (Å²) in [4.78, 5) is 0. The maximum Gasteiger partial charge on any atom is 0.265 e. The van der Waals surface area contributed by atoms with E-state index in [1.54, 1.807) is 6.20 Å². The van der Waals surface area contributed by atoms with Crippen LogP contribution in [0.1, 0.15) is 6.42 Å². The summed E-state index contributed by atoms with van der Waals surface area (Å²) < 4.78 is 28.3. The van der Waals surface area contributed by atoms with E-state index in [2.05, 4.69) is 5.32 Å². The first kappa shape index (κ1) is 6.57. The summed E-state index contributed by atoms with van der Waals surface area (Å²) in [6.07, 6.45) is 2.09. The van der Waals surface area contributed by atoms with Crippen molar-refractivity contribution in [3.8, 4) is 0 Å². The highest BCUT2D eigenvalue weighted by Gasteiger charge is 2.10. The molecular weight excluding hydrogens is 142 g/mol. The number of hydrogen-bond acceptors (Lipinski definition) is 3. The zero-order chi connectivity index (χ0) is 6.91. The lowest BCUT2D eigenvalue weighted by Gasteiger charge is -1.89. The van der Waals surface area contributed by atoms with Crippen LogP contribution in [0.3, 0.4) is 0 Å². The average Bonchev–Trinajstić information content (AvgIpc) is 2.38. The van der Waals surface area contributed by atoms with E-state index in [9.17, 15) is 8.42 Å². The van der Waals surface area contributed by atoms with Gasteiger partial charge in [-0.3, -0.25) is 4.55 Å². The molecule has 0 spiro atoms. The van der Waals surface area contributed by atoms with E-state index >= 15 is 0 Å². The largest absolute Gasteiger partial charge is 0.362 e. The molecule has 0 radical (unpaired) electrons. The minimum absolute atomic E-state index is 0.189. The Kier molecular flexibility index (Phi) is 1.46. The zero-order valence-corrected chi connectivity index (χ0v) is 5.48. The van der Waals surface area contributed by atoms with Crippen LogP contribution in [0.2, 0.25) is 0 Å². The van der Waals surface area contributed by atoms with Gasteiger partial charge in [-0.15, -0.1) is 0 Å². The van der Waals surface area contributed by atoms with Crippen LogP contribution in [-0.2, 0) is 10.1 Å². The van der Waals surface area contributed by atoms with Gasteiger partial charge < -0.3 is 5.32 Å². The van der Waals surface area contributed by atoms with Crippen LogP contribution in [0.15, 0.2) is 11.9 Å². The van der Waals surface area contributed by atoms with E-state index in [0.29, 0.717) is 6.42 Å². The first-order valence-corrected chi connectivity index (χ1v) is 4.09. The van der Waals surface area contributed by atoms with Crippen molar-refractivity contribution in [3.63, 3.8) is 0 Å².